The summed E-state index contributed by atoms with van der Waals surface area (Å²) in [7, 11) is 0. The van der Waals surface area contributed by atoms with Gasteiger partial charge in [-0.1, -0.05) is 56.0 Å². The van der Waals surface area contributed by atoms with Crippen molar-refractivity contribution in [3.05, 3.63) is 35.9 Å². The summed E-state index contributed by atoms with van der Waals surface area (Å²) < 4.78 is 5.92. The van der Waals surface area contributed by atoms with E-state index >= 15 is 0 Å². The van der Waals surface area contributed by atoms with Gasteiger partial charge in [0.05, 0.1) is 18.8 Å². The zero-order valence-electron chi connectivity index (χ0n) is 13.3. The van der Waals surface area contributed by atoms with Gasteiger partial charge in [-0.15, -0.1) is 0 Å². The van der Waals surface area contributed by atoms with Crippen molar-refractivity contribution in [1.82, 2.24) is 5.32 Å². The Kier molecular flexibility index (Phi) is 6.87. The number of hydrogen-bond donors (Lipinski definition) is 2. The summed E-state index contributed by atoms with van der Waals surface area (Å²) in [6.07, 6.45) is 6.68. The zero-order valence-corrected chi connectivity index (χ0v) is 13.3. The van der Waals surface area contributed by atoms with Crippen LogP contribution in [0.3, 0.4) is 0 Å². The Morgan fingerprint density at radius 2 is 1.86 bits per heavy atom. The van der Waals surface area contributed by atoms with E-state index in [2.05, 4.69) is 5.32 Å². The van der Waals surface area contributed by atoms with E-state index in [1.54, 1.807) is 6.92 Å². The number of carbonyl (C=O) groups excluding carboxylic acids is 1. The van der Waals surface area contributed by atoms with Crippen molar-refractivity contribution in [1.29, 1.82) is 0 Å². The van der Waals surface area contributed by atoms with Crippen molar-refractivity contribution >= 4 is 5.91 Å². The van der Waals surface area contributed by atoms with E-state index in [0.717, 1.165) is 18.4 Å². The van der Waals surface area contributed by atoms with E-state index in [-0.39, 0.29) is 24.7 Å². The van der Waals surface area contributed by atoms with Crippen LogP contribution >= 0.6 is 0 Å². The largest absolute Gasteiger partial charge is 0.394 e. The molecule has 4 heteroatoms. The summed E-state index contributed by atoms with van der Waals surface area (Å²) in [6.45, 7) is 1.67. The van der Waals surface area contributed by atoms with E-state index in [0.29, 0.717) is 0 Å². The second kappa shape index (κ2) is 8.91. The van der Waals surface area contributed by atoms with Gasteiger partial charge in [-0.2, -0.15) is 0 Å². The standard InChI is InChI=1S/C18H27NO3/c1-14(22-16-11-7-2-3-8-12-16)18(21)19-17(13-20)15-9-5-4-6-10-15/h4-6,9-10,14,16-17,20H,2-3,7-8,11-13H2,1H3,(H,19,21). The van der Waals surface area contributed by atoms with Crippen LogP contribution in [0.2, 0.25) is 0 Å². The van der Waals surface area contributed by atoms with Gasteiger partial charge in [0.1, 0.15) is 6.10 Å². The molecule has 122 valence electrons. The minimum atomic E-state index is -0.485. The molecule has 4 nitrogen and oxygen atoms in total. The van der Waals surface area contributed by atoms with Gasteiger partial charge in [-0.25, -0.2) is 0 Å². The first-order chi connectivity index (χ1) is 10.7. The fourth-order valence-corrected chi connectivity index (χ4v) is 2.94. The highest BCUT2D eigenvalue weighted by atomic mass is 16.5. The second-order valence-electron chi connectivity index (χ2n) is 6.05. The summed E-state index contributed by atoms with van der Waals surface area (Å²) in [5.74, 6) is -0.160. The number of amides is 1. The third-order valence-electron chi connectivity index (χ3n) is 4.27. The maximum Gasteiger partial charge on any atom is 0.249 e. The Morgan fingerprint density at radius 1 is 1.23 bits per heavy atom. The summed E-state index contributed by atoms with van der Waals surface area (Å²) >= 11 is 0. The number of nitrogens with one attached hydrogen (secondary N) is 1. The fraction of sp³-hybridized carbons (Fsp3) is 0.611. The number of carbonyl (C=O) groups is 1. The van der Waals surface area contributed by atoms with E-state index in [1.807, 2.05) is 30.3 Å². The van der Waals surface area contributed by atoms with Crippen molar-refractivity contribution in [2.75, 3.05) is 6.61 Å². The molecule has 2 atom stereocenters. The quantitative estimate of drug-likeness (QED) is 0.794. The van der Waals surface area contributed by atoms with Gasteiger partial charge in [0.2, 0.25) is 5.91 Å². The van der Waals surface area contributed by atoms with E-state index < -0.39 is 6.10 Å². The normalized spacial score (nSPS) is 19.2. The van der Waals surface area contributed by atoms with Crippen LogP contribution in [0.4, 0.5) is 0 Å². The molecule has 22 heavy (non-hydrogen) atoms. The van der Waals surface area contributed by atoms with Crippen LogP contribution < -0.4 is 5.32 Å². The molecule has 1 aliphatic rings. The molecule has 0 saturated heterocycles. The smallest absolute Gasteiger partial charge is 0.249 e. The molecule has 1 saturated carbocycles. The molecule has 0 heterocycles. The number of rotatable bonds is 6. The minimum Gasteiger partial charge on any atom is -0.394 e. The molecule has 1 aromatic carbocycles. The van der Waals surface area contributed by atoms with E-state index in [9.17, 15) is 9.90 Å². The molecule has 0 bridgehead atoms. The molecule has 2 rings (SSSR count). The number of aliphatic hydroxyl groups is 1. The molecule has 2 N–H and O–H groups in total. The SMILES string of the molecule is CC(OC1CCCCCC1)C(=O)NC(CO)c1ccccc1. The third-order valence-corrected chi connectivity index (χ3v) is 4.27. The number of aliphatic hydroxyl groups excluding tert-OH is 1. The van der Waals surface area contributed by atoms with Crippen LogP contribution in [0.5, 0.6) is 0 Å². The van der Waals surface area contributed by atoms with Gasteiger partial charge in [0.25, 0.3) is 0 Å². The fourth-order valence-electron chi connectivity index (χ4n) is 2.94. The predicted octanol–water partition coefficient (Wildman–Crippen LogP) is 2.96. The van der Waals surface area contributed by atoms with Crippen LogP contribution in [0, 0.1) is 0 Å². The summed E-state index contributed by atoms with van der Waals surface area (Å²) in [4.78, 5) is 12.3. The Morgan fingerprint density at radius 3 is 2.45 bits per heavy atom. The number of benzene rings is 1. The van der Waals surface area contributed by atoms with Crippen molar-refractivity contribution < 1.29 is 14.6 Å². The molecule has 2 unspecified atom stereocenters. The lowest BCUT2D eigenvalue weighted by Crippen LogP contribution is -2.40. The van der Waals surface area contributed by atoms with E-state index in [4.69, 9.17) is 4.74 Å². The summed E-state index contributed by atoms with van der Waals surface area (Å²) in [5, 5.41) is 12.4. The monoisotopic (exact) mass is 305 g/mol. The van der Waals surface area contributed by atoms with Crippen molar-refractivity contribution in [3.8, 4) is 0 Å². The maximum absolute atomic E-state index is 12.3. The number of hydrogen-bond acceptors (Lipinski definition) is 3. The van der Waals surface area contributed by atoms with Gasteiger partial charge < -0.3 is 15.2 Å². The lowest BCUT2D eigenvalue weighted by Gasteiger charge is -2.23. The average Bonchev–Trinajstić information content (AvgIpc) is 2.81. The highest BCUT2D eigenvalue weighted by Crippen LogP contribution is 2.21. The highest BCUT2D eigenvalue weighted by Gasteiger charge is 2.22. The van der Waals surface area contributed by atoms with Crippen molar-refractivity contribution in [2.24, 2.45) is 0 Å². The molecule has 1 aromatic rings. The van der Waals surface area contributed by atoms with Gasteiger partial charge in [-0.3, -0.25) is 4.79 Å². The average molecular weight is 305 g/mol. The van der Waals surface area contributed by atoms with E-state index in [1.165, 1.54) is 25.7 Å². The Hall–Kier alpha value is -1.39. The van der Waals surface area contributed by atoms with Crippen LogP contribution in [0.25, 0.3) is 0 Å². The van der Waals surface area contributed by atoms with Crippen molar-refractivity contribution in [3.63, 3.8) is 0 Å². The first kappa shape index (κ1) is 17.0. The predicted molar refractivity (Wildman–Crippen MR) is 86.4 cm³/mol. The molecule has 1 aliphatic carbocycles. The highest BCUT2D eigenvalue weighted by molar-refractivity contribution is 5.80. The summed E-state index contributed by atoms with van der Waals surface area (Å²) in [5.41, 5.74) is 0.903. The molecule has 0 aliphatic heterocycles. The lowest BCUT2D eigenvalue weighted by atomic mass is 10.1. The zero-order chi connectivity index (χ0) is 15.8. The van der Waals surface area contributed by atoms with Gasteiger partial charge in [0.15, 0.2) is 0 Å². The molecular weight excluding hydrogens is 278 g/mol. The van der Waals surface area contributed by atoms with Crippen LogP contribution in [0.15, 0.2) is 30.3 Å². The molecule has 1 fully saturated rings. The Labute approximate surface area is 132 Å². The first-order valence-electron chi connectivity index (χ1n) is 8.32. The molecule has 0 spiro atoms. The topological polar surface area (TPSA) is 58.6 Å². The van der Waals surface area contributed by atoms with Crippen molar-refractivity contribution in [2.45, 2.75) is 63.7 Å². The van der Waals surface area contributed by atoms with Gasteiger partial charge >= 0.3 is 0 Å². The Balaban J connectivity index is 1.86. The third kappa shape index (κ3) is 5.11. The van der Waals surface area contributed by atoms with Crippen LogP contribution in [0.1, 0.15) is 57.1 Å². The number of ether oxygens (including phenoxy) is 1. The Bertz CT molecular complexity index is 441. The first-order valence-corrected chi connectivity index (χ1v) is 8.32. The molecular formula is C18H27NO3. The van der Waals surface area contributed by atoms with Crippen LogP contribution in [-0.4, -0.2) is 29.8 Å². The van der Waals surface area contributed by atoms with Gasteiger partial charge in [-0.05, 0) is 25.3 Å². The molecule has 1 amide bonds. The second-order valence-corrected chi connectivity index (χ2v) is 6.05. The lowest BCUT2D eigenvalue weighted by molar-refractivity contribution is -0.137. The van der Waals surface area contributed by atoms with Crippen LogP contribution in [-0.2, 0) is 9.53 Å². The molecule has 0 radical (unpaired) electrons. The summed E-state index contributed by atoms with van der Waals surface area (Å²) in [6, 6.07) is 9.13. The minimum absolute atomic E-state index is 0.119. The maximum atomic E-state index is 12.3. The molecule has 0 aromatic heterocycles. The van der Waals surface area contributed by atoms with Gasteiger partial charge in [0, 0.05) is 0 Å².